The van der Waals surface area contributed by atoms with E-state index in [1.54, 1.807) is 0 Å². The molecule has 1 fully saturated rings. The summed E-state index contributed by atoms with van der Waals surface area (Å²) in [5, 5.41) is 3.63. The largest absolute Gasteiger partial charge is 0.468 e. The van der Waals surface area contributed by atoms with E-state index in [2.05, 4.69) is 19.2 Å². The molecule has 0 saturated carbocycles. The Balaban J connectivity index is 2.59. The average molecular weight is 159 g/mol. The van der Waals surface area contributed by atoms with Gasteiger partial charge in [-0.15, -0.1) is 0 Å². The molecular formula is C7H13NOS. The van der Waals surface area contributed by atoms with Gasteiger partial charge < -0.3 is 10.1 Å². The first kappa shape index (κ1) is 7.79. The van der Waals surface area contributed by atoms with Gasteiger partial charge in [0.05, 0.1) is 0 Å². The van der Waals surface area contributed by atoms with Crippen LogP contribution in [0.2, 0.25) is 0 Å². The molecule has 0 spiro atoms. The highest BCUT2D eigenvalue weighted by Crippen LogP contribution is 2.18. The van der Waals surface area contributed by atoms with Gasteiger partial charge in [-0.2, -0.15) is 0 Å². The zero-order valence-electron chi connectivity index (χ0n) is 6.60. The third kappa shape index (κ3) is 1.84. The third-order valence-corrected chi connectivity index (χ3v) is 1.74. The lowest BCUT2D eigenvalue weighted by molar-refractivity contribution is 0.121. The molecule has 0 aromatic rings. The predicted octanol–water partition coefficient (Wildman–Crippen LogP) is 1.45. The first-order chi connectivity index (χ1) is 4.49. The molecule has 1 rings (SSSR count). The summed E-state index contributed by atoms with van der Waals surface area (Å²) in [6.07, 6.45) is 1.26. The molecule has 0 radical (unpaired) electrons. The van der Waals surface area contributed by atoms with Gasteiger partial charge in [0.15, 0.2) is 0 Å². The molecule has 0 aromatic heterocycles. The van der Waals surface area contributed by atoms with Crippen molar-refractivity contribution < 1.29 is 4.74 Å². The Kier molecular flexibility index (Phi) is 1.86. The molecule has 0 amide bonds. The van der Waals surface area contributed by atoms with Crippen LogP contribution in [0.15, 0.2) is 0 Å². The highest BCUT2D eigenvalue weighted by Gasteiger charge is 2.28. The Morgan fingerprint density at radius 3 is 2.70 bits per heavy atom. The predicted molar refractivity (Wildman–Crippen MR) is 45.0 cm³/mol. The standard InChI is InChI=1S/C7H13NOS/c1-5-4-7(2,3)8-6(10)9-5/h5H,4H2,1-3H3,(H,8,10)/t5-/m1/s1. The highest BCUT2D eigenvalue weighted by atomic mass is 32.1. The zero-order valence-corrected chi connectivity index (χ0v) is 7.42. The summed E-state index contributed by atoms with van der Waals surface area (Å²) in [7, 11) is 0. The molecule has 3 heteroatoms. The Bertz CT molecular complexity index is 156. The molecule has 1 aliphatic rings. The maximum Gasteiger partial charge on any atom is 0.257 e. The van der Waals surface area contributed by atoms with Gasteiger partial charge in [0.1, 0.15) is 6.10 Å². The van der Waals surface area contributed by atoms with Crippen molar-refractivity contribution in [2.45, 2.75) is 38.8 Å². The van der Waals surface area contributed by atoms with Crippen LogP contribution in [-0.4, -0.2) is 16.8 Å². The molecule has 1 aliphatic heterocycles. The average Bonchev–Trinajstić information content (AvgIpc) is 1.54. The molecule has 0 aromatic carbocycles. The fourth-order valence-corrected chi connectivity index (χ4v) is 1.74. The van der Waals surface area contributed by atoms with E-state index in [1.165, 1.54) is 0 Å². The Morgan fingerprint density at radius 1 is 1.70 bits per heavy atom. The van der Waals surface area contributed by atoms with Gasteiger partial charge >= 0.3 is 0 Å². The lowest BCUT2D eigenvalue weighted by Crippen LogP contribution is -2.51. The van der Waals surface area contributed by atoms with E-state index in [0.29, 0.717) is 5.17 Å². The van der Waals surface area contributed by atoms with E-state index in [9.17, 15) is 0 Å². The molecule has 2 nitrogen and oxygen atoms in total. The van der Waals surface area contributed by atoms with Crippen molar-refractivity contribution >= 4 is 17.4 Å². The van der Waals surface area contributed by atoms with Gasteiger partial charge in [0.25, 0.3) is 5.17 Å². The van der Waals surface area contributed by atoms with E-state index >= 15 is 0 Å². The molecule has 1 heterocycles. The normalized spacial score (nSPS) is 30.7. The lowest BCUT2D eigenvalue weighted by Gasteiger charge is -2.36. The van der Waals surface area contributed by atoms with Gasteiger partial charge in [-0.05, 0) is 33.0 Å². The van der Waals surface area contributed by atoms with Crippen molar-refractivity contribution in [3.63, 3.8) is 0 Å². The van der Waals surface area contributed by atoms with Crippen LogP contribution in [0.5, 0.6) is 0 Å². The molecule has 0 aliphatic carbocycles. The number of rotatable bonds is 0. The van der Waals surface area contributed by atoms with Crippen molar-refractivity contribution in [1.82, 2.24) is 5.32 Å². The minimum atomic E-state index is 0.106. The molecule has 0 bridgehead atoms. The molecule has 58 valence electrons. The van der Waals surface area contributed by atoms with Crippen LogP contribution in [0.4, 0.5) is 0 Å². The molecule has 1 saturated heterocycles. The Hall–Kier alpha value is -0.310. The van der Waals surface area contributed by atoms with Crippen LogP contribution in [0, 0.1) is 0 Å². The second kappa shape index (κ2) is 2.38. The van der Waals surface area contributed by atoms with E-state index in [4.69, 9.17) is 17.0 Å². The summed E-state index contributed by atoms with van der Waals surface area (Å²) < 4.78 is 5.24. The van der Waals surface area contributed by atoms with E-state index in [1.807, 2.05) is 6.92 Å². The monoisotopic (exact) mass is 159 g/mol. The molecular weight excluding hydrogens is 146 g/mol. The molecule has 1 N–H and O–H groups in total. The topological polar surface area (TPSA) is 21.3 Å². The van der Waals surface area contributed by atoms with Crippen molar-refractivity contribution in [3.05, 3.63) is 0 Å². The number of nitrogens with one attached hydrogen (secondary N) is 1. The van der Waals surface area contributed by atoms with Gasteiger partial charge in [-0.1, -0.05) is 0 Å². The third-order valence-electron chi connectivity index (χ3n) is 1.55. The van der Waals surface area contributed by atoms with Gasteiger partial charge in [-0.25, -0.2) is 0 Å². The maximum atomic E-state index is 5.24. The molecule has 1 atom stereocenters. The van der Waals surface area contributed by atoms with E-state index in [0.717, 1.165) is 6.42 Å². The smallest absolute Gasteiger partial charge is 0.257 e. The first-order valence-electron chi connectivity index (χ1n) is 3.48. The van der Waals surface area contributed by atoms with Crippen molar-refractivity contribution in [3.8, 4) is 0 Å². The summed E-state index contributed by atoms with van der Waals surface area (Å²) in [4.78, 5) is 0. The van der Waals surface area contributed by atoms with Crippen LogP contribution < -0.4 is 5.32 Å². The van der Waals surface area contributed by atoms with Crippen LogP contribution in [0.1, 0.15) is 27.2 Å². The van der Waals surface area contributed by atoms with Gasteiger partial charge in [0, 0.05) is 12.0 Å². The first-order valence-corrected chi connectivity index (χ1v) is 3.89. The fourth-order valence-electron chi connectivity index (χ4n) is 1.30. The van der Waals surface area contributed by atoms with Gasteiger partial charge in [0.2, 0.25) is 0 Å². The SMILES string of the molecule is C[C@@H]1CC(C)(C)NC(=S)O1. The van der Waals surface area contributed by atoms with E-state index in [-0.39, 0.29) is 11.6 Å². The summed E-state index contributed by atoms with van der Waals surface area (Å²) in [5.74, 6) is 0. The molecule has 0 unspecified atom stereocenters. The van der Waals surface area contributed by atoms with Crippen molar-refractivity contribution in [2.24, 2.45) is 0 Å². The summed E-state index contributed by atoms with van der Waals surface area (Å²) in [6, 6.07) is 0. The van der Waals surface area contributed by atoms with Crippen LogP contribution in [0.25, 0.3) is 0 Å². The summed E-state index contributed by atoms with van der Waals surface area (Å²) in [6.45, 7) is 6.28. The van der Waals surface area contributed by atoms with Gasteiger partial charge in [-0.3, -0.25) is 0 Å². The van der Waals surface area contributed by atoms with Crippen LogP contribution >= 0.6 is 12.2 Å². The second-order valence-electron chi connectivity index (χ2n) is 3.43. The number of hydrogen-bond donors (Lipinski definition) is 1. The quantitative estimate of drug-likeness (QED) is 0.540. The van der Waals surface area contributed by atoms with Crippen LogP contribution in [0.3, 0.4) is 0 Å². The minimum absolute atomic E-state index is 0.106. The van der Waals surface area contributed by atoms with Crippen molar-refractivity contribution in [1.29, 1.82) is 0 Å². The van der Waals surface area contributed by atoms with Crippen LogP contribution in [-0.2, 0) is 4.74 Å². The zero-order chi connectivity index (χ0) is 7.78. The van der Waals surface area contributed by atoms with E-state index < -0.39 is 0 Å². The number of ether oxygens (including phenoxy) is 1. The summed E-state index contributed by atoms with van der Waals surface area (Å²) >= 11 is 4.90. The minimum Gasteiger partial charge on any atom is -0.468 e. The number of hydrogen-bond acceptors (Lipinski definition) is 2. The fraction of sp³-hybridized carbons (Fsp3) is 0.857. The maximum absolute atomic E-state index is 5.24. The molecule has 10 heavy (non-hydrogen) atoms. The number of thiocarbonyl (C=S) groups is 1. The Morgan fingerprint density at radius 2 is 2.30 bits per heavy atom. The van der Waals surface area contributed by atoms with Crippen molar-refractivity contribution in [2.75, 3.05) is 0 Å². The lowest BCUT2D eigenvalue weighted by atomic mass is 9.96. The Labute approximate surface area is 66.9 Å². The highest BCUT2D eigenvalue weighted by molar-refractivity contribution is 7.80. The second-order valence-corrected chi connectivity index (χ2v) is 3.80. The summed E-state index contributed by atoms with van der Waals surface area (Å²) in [5.41, 5.74) is 0.106.